The maximum Gasteiger partial charge on any atom is 0.155 e. The van der Waals surface area contributed by atoms with Gasteiger partial charge in [-0.25, -0.2) is 4.39 Å². The SMILES string of the molecule is Cc1cnnc(N(CCCN)c2cccc(F)c2)c1. The van der Waals surface area contributed by atoms with Crippen LogP contribution in [0.25, 0.3) is 0 Å². The minimum Gasteiger partial charge on any atom is -0.330 e. The van der Waals surface area contributed by atoms with Crippen molar-refractivity contribution in [3.63, 3.8) is 0 Å². The molecule has 0 unspecified atom stereocenters. The molecule has 1 aromatic carbocycles. The van der Waals surface area contributed by atoms with Crippen LogP contribution in [0, 0.1) is 12.7 Å². The summed E-state index contributed by atoms with van der Waals surface area (Å²) in [7, 11) is 0. The van der Waals surface area contributed by atoms with E-state index in [1.807, 2.05) is 24.0 Å². The predicted octanol–water partition coefficient (Wildman–Crippen LogP) is 2.41. The van der Waals surface area contributed by atoms with Crippen LogP contribution < -0.4 is 10.6 Å². The van der Waals surface area contributed by atoms with E-state index in [0.717, 1.165) is 17.7 Å². The zero-order valence-corrected chi connectivity index (χ0v) is 10.9. The second-order valence-corrected chi connectivity index (χ2v) is 4.36. The fourth-order valence-corrected chi connectivity index (χ4v) is 1.85. The fourth-order valence-electron chi connectivity index (χ4n) is 1.85. The van der Waals surface area contributed by atoms with Crippen LogP contribution in [0.5, 0.6) is 0 Å². The van der Waals surface area contributed by atoms with Crippen molar-refractivity contribution in [1.82, 2.24) is 10.2 Å². The third kappa shape index (κ3) is 3.48. The lowest BCUT2D eigenvalue weighted by Crippen LogP contribution is -2.22. The van der Waals surface area contributed by atoms with Gasteiger partial charge in [0.25, 0.3) is 0 Å². The molecule has 0 spiro atoms. The van der Waals surface area contributed by atoms with Crippen molar-refractivity contribution in [2.45, 2.75) is 13.3 Å². The minimum atomic E-state index is -0.268. The molecular weight excluding hydrogens is 243 g/mol. The Morgan fingerprint density at radius 2 is 2.16 bits per heavy atom. The largest absolute Gasteiger partial charge is 0.330 e. The first kappa shape index (κ1) is 13.4. The highest BCUT2D eigenvalue weighted by Gasteiger charge is 2.11. The normalized spacial score (nSPS) is 10.5. The Bertz CT molecular complexity index is 499. The first-order valence-corrected chi connectivity index (χ1v) is 6.23. The van der Waals surface area contributed by atoms with Gasteiger partial charge in [-0.15, -0.1) is 5.10 Å². The topological polar surface area (TPSA) is 55.0 Å². The van der Waals surface area contributed by atoms with Crippen LogP contribution in [0.15, 0.2) is 36.5 Å². The van der Waals surface area contributed by atoms with Crippen LogP contribution in [0.3, 0.4) is 0 Å². The average Bonchev–Trinajstić information content (AvgIpc) is 2.39. The summed E-state index contributed by atoms with van der Waals surface area (Å²) in [5.74, 6) is 0.440. The molecule has 0 aliphatic rings. The van der Waals surface area contributed by atoms with Gasteiger partial charge in [0.2, 0.25) is 0 Å². The maximum absolute atomic E-state index is 13.4. The number of aryl methyl sites for hydroxylation is 1. The maximum atomic E-state index is 13.4. The summed E-state index contributed by atoms with van der Waals surface area (Å²) in [6, 6.07) is 8.37. The Hall–Kier alpha value is -2.01. The van der Waals surface area contributed by atoms with Crippen molar-refractivity contribution in [3.05, 3.63) is 47.9 Å². The third-order valence-corrected chi connectivity index (χ3v) is 2.76. The van der Waals surface area contributed by atoms with Crippen molar-refractivity contribution in [2.24, 2.45) is 5.73 Å². The van der Waals surface area contributed by atoms with E-state index in [1.165, 1.54) is 12.1 Å². The highest BCUT2D eigenvalue weighted by molar-refractivity contribution is 5.59. The summed E-state index contributed by atoms with van der Waals surface area (Å²) >= 11 is 0. The van der Waals surface area contributed by atoms with Crippen molar-refractivity contribution in [3.8, 4) is 0 Å². The fraction of sp³-hybridized carbons (Fsp3) is 0.286. The second-order valence-electron chi connectivity index (χ2n) is 4.36. The van der Waals surface area contributed by atoms with Gasteiger partial charge in [-0.2, -0.15) is 5.10 Å². The van der Waals surface area contributed by atoms with Crippen LogP contribution in [-0.2, 0) is 0 Å². The van der Waals surface area contributed by atoms with Crippen molar-refractivity contribution < 1.29 is 4.39 Å². The molecule has 0 bridgehead atoms. The molecule has 100 valence electrons. The molecule has 1 heterocycles. The Balaban J connectivity index is 2.35. The van der Waals surface area contributed by atoms with E-state index in [9.17, 15) is 4.39 Å². The van der Waals surface area contributed by atoms with Crippen LogP contribution in [0.4, 0.5) is 15.9 Å². The van der Waals surface area contributed by atoms with Gasteiger partial charge < -0.3 is 10.6 Å². The van der Waals surface area contributed by atoms with Gasteiger partial charge >= 0.3 is 0 Å². The number of hydrogen-bond donors (Lipinski definition) is 1. The molecule has 1 aromatic heterocycles. The molecule has 0 radical (unpaired) electrons. The summed E-state index contributed by atoms with van der Waals surface area (Å²) in [5, 5.41) is 8.06. The first-order chi connectivity index (χ1) is 9.20. The Morgan fingerprint density at radius 1 is 1.32 bits per heavy atom. The Labute approximate surface area is 112 Å². The highest BCUT2D eigenvalue weighted by Crippen LogP contribution is 2.24. The van der Waals surface area contributed by atoms with E-state index < -0.39 is 0 Å². The van der Waals surface area contributed by atoms with Gasteiger partial charge in [0.05, 0.1) is 6.20 Å². The number of hydrogen-bond acceptors (Lipinski definition) is 4. The lowest BCUT2D eigenvalue weighted by molar-refractivity contribution is 0.627. The molecular formula is C14H17FN4. The van der Waals surface area contributed by atoms with Crippen molar-refractivity contribution >= 4 is 11.5 Å². The van der Waals surface area contributed by atoms with E-state index in [1.54, 1.807) is 12.3 Å². The number of halogens is 1. The molecule has 19 heavy (non-hydrogen) atoms. The van der Waals surface area contributed by atoms with Gasteiger partial charge in [0.1, 0.15) is 5.82 Å². The number of aromatic nitrogens is 2. The summed E-state index contributed by atoms with van der Waals surface area (Å²) in [4.78, 5) is 1.93. The molecule has 0 atom stereocenters. The van der Waals surface area contributed by atoms with Gasteiger partial charge in [-0.05, 0) is 49.7 Å². The highest BCUT2D eigenvalue weighted by atomic mass is 19.1. The smallest absolute Gasteiger partial charge is 0.155 e. The summed E-state index contributed by atoms with van der Waals surface area (Å²) in [5.41, 5.74) is 7.33. The van der Waals surface area contributed by atoms with Gasteiger partial charge in [-0.3, -0.25) is 0 Å². The van der Waals surface area contributed by atoms with E-state index in [4.69, 9.17) is 5.73 Å². The molecule has 4 nitrogen and oxygen atoms in total. The molecule has 0 aliphatic heterocycles. The van der Waals surface area contributed by atoms with Gasteiger partial charge in [-0.1, -0.05) is 6.07 Å². The zero-order chi connectivity index (χ0) is 13.7. The van der Waals surface area contributed by atoms with E-state index in [0.29, 0.717) is 18.9 Å². The number of nitrogens with two attached hydrogens (primary N) is 1. The molecule has 5 heteroatoms. The molecule has 2 N–H and O–H groups in total. The van der Waals surface area contributed by atoms with Crippen LogP contribution >= 0.6 is 0 Å². The Morgan fingerprint density at radius 3 is 2.84 bits per heavy atom. The summed E-state index contributed by atoms with van der Waals surface area (Å²) < 4.78 is 13.4. The lowest BCUT2D eigenvalue weighted by atomic mass is 10.2. The molecule has 0 amide bonds. The van der Waals surface area contributed by atoms with Crippen LogP contribution in [-0.4, -0.2) is 23.3 Å². The third-order valence-electron chi connectivity index (χ3n) is 2.76. The van der Waals surface area contributed by atoms with Crippen LogP contribution in [0.2, 0.25) is 0 Å². The number of benzene rings is 1. The summed E-state index contributed by atoms with van der Waals surface area (Å²) in [6.07, 6.45) is 2.49. The number of anilines is 2. The summed E-state index contributed by atoms with van der Waals surface area (Å²) in [6.45, 7) is 3.20. The molecule has 0 fully saturated rings. The first-order valence-electron chi connectivity index (χ1n) is 6.23. The second kappa shape index (κ2) is 6.24. The van der Waals surface area contributed by atoms with Crippen molar-refractivity contribution in [2.75, 3.05) is 18.0 Å². The predicted molar refractivity (Wildman–Crippen MR) is 73.8 cm³/mol. The Kier molecular flexibility index (Phi) is 4.41. The molecule has 0 saturated carbocycles. The monoisotopic (exact) mass is 260 g/mol. The quantitative estimate of drug-likeness (QED) is 0.897. The zero-order valence-electron chi connectivity index (χ0n) is 10.9. The number of nitrogens with zero attached hydrogens (tertiary/aromatic N) is 3. The van der Waals surface area contributed by atoms with Crippen LogP contribution in [0.1, 0.15) is 12.0 Å². The molecule has 0 aliphatic carbocycles. The average molecular weight is 260 g/mol. The molecule has 2 aromatic rings. The standard InChI is InChI=1S/C14H17FN4/c1-11-8-14(18-17-10-11)19(7-3-6-16)13-5-2-4-12(15)9-13/h2,4-5,8-10H,3,6-7,16H2,1H3. The number of rotatable bonds is 5. The van der Waals surface area contributed by atoms with E-state index in [-0.39, 0.29) is 5.82 Å². The minimum absolute atomic E-state index is 0.268. The van der Waals surface area contributed by atoms with Gasteiger partial charge in [0.15, 0.2) is 5.82 Å². The van der Waals surface area contributed by atoms with E-state index >= 15 is 0 Å². The van der Waals surface area contributed by atoms with Crippen molar-refractivity contribution in [1.29, 1.82) is 0 Å². The molecule has 0 saturated heterocycles. The molecule has 2 rings (SSSR count). The lowest BCUT2D eigenvalue weighted by Gasteiger charge is -2.23. The van der Waals surface area contributed by atoms with E-state index in [2.05, 4.69) is 10.2 Å². The van der Waals surface area contributed by atoms with Gasteiger partial charge in [0, 0.05) is 12.2 Å².